The first-order valence-corrected chi connectivity index (χ1v) is 6.32. The van der Waals surface area contributed by atoms with Crippen molar-refractivity contribution in [3.05, 3.63) is 23.8 Å². The van der Waals surface area contributed by atoms with Gasteiger partial charge in [-0.3, -0.25) is 4.79 Å². The average Bonchev–Trinajstić information content (AvgIpc) is 2.40. The number of morpholine rings is 1. The largest absolute Gasteiger partial charge is 0.504 e. The molecule has 0 aliphatic carbocycles. The Morgan fingerprint density at radius 2 is 2.21 bits per heavy atom. The molecular formula is C14H19NO4. The van der Waals surface area contributed by atoms with E-state index in [9.17, 15) is 9.90 Å². The Kier molecular flexibility index (Phi) is 3.95. The second-order valence-electron chi connectivity index (χ2n) is 4.84. The minimum Gasteiger partial charge on any atom is -0.504 e. The maximum absolute atomic E-state index is 12.4. The Bertz CT molecular complexity index is 475. The van der Waals surface area contributed by atoms with Gasteiger partial charge in [0.05, 0.1) is 25.9 Å². The quantitative estimate of drug-likeness (QED) is 0.883. The number of amides is 1. The maximum Gasteiger partial charge on any atom is 0.254 e. The van der Waals surface area contributed by atoms with Crippen molar-refractivity contribution in [2.24, 2.45) is 0 Å². The molecule has 0 aromatic heterocycles. The topological polar surface area (TPSA) is 59.0 Å². The van der Waals surface area contributed by atoms with Gasteiger partial charge in [0.15, 0.2) is 11.5 Å². The first kappa shape index (κ1) is 13.7. The molecular weight excluding hydrogens is 246 g/mol. The first-order chi connectivity index (χ1) is 9.02. The zero-order valence-electron chi connectivity index (χ0n) is 11.4. The fourth-order valence-corrected chi connectivity index (χ4v) is 2.18. The highest BCUT2D eigenvalue weighted by atomic mass is 16.5. The minimum atomic E-state index is -0.0967. The monoisotopic (exact) mass is 265 g/mol. The second-order valence-corrected chi connectivity index (χ2v) is 4.84. The number of phenolic OH excluding ortho intramolecular Hbond substituents is 1. The molecule has 0 radical (unpaired) electrons. The van der Waals surface area contributed by atoms with Crippen LogP contribution in [0.1, 0.15) is 24.2 Å². The van der Waals surface area contributed by atoms with E-state index in [0.29, 0.717) is 24.5 Å². The third-order valence-corrected chi connectivity index (χ3v) is 3.29. The average molecular weight is 265 g/mol. The fourth-order valence-electron chi connectivity index (χ4n) is 2.18. The van der Waals surface area contributed by atoms with E-state index in [-0.39, 0.29) is 23.8 Å². The summed E-state index contributed by atoms with van der Waals surface area (Å²) in [6.45, 7) is 4.99. The Labute approximate surface area is 112 Å². The van der Waals surface area contributed by atoms with Crippen LogP contribution in [0.15, 0.2) is 18.2 Å². The molecule has 1 fully saturated rings. The summed E-state index contributed by atoms with van der Waals surface area (Å²) in [5, 5.41) is 9.74. The molecule has 0 spiro atoms. The van der Waals surface area contributed by atoms with Crippen molar-refractivity contribution in [3.63, 3.8) is 0 Å². The maximum atomic E-state index is 12.4. The summed E-state index contributed by atoms with van der Waals surface area (Å²) in [6, 6.07) is 4.73. The molecule has 19 heavy (non-hydrogen) atoms. The molecule has 1 aromatic carbocycles. The molecule has 1 aliphatic heterocycles. The Morgan fingerprint density at radius 3 is 2.84 bits per heavy atom. The molecule has 0 saturated carbocycles. The second kappa shape index (κ2) is 5.48. The molecule has 1 aliphatic rings. The van der Waals surface area contributed by atoms with Crippen LogP contribution in [-0.2, 0) is 4.74 Å². The van der Waals surface area contributed by atoms with E-state index >= 15 is 0 Å². The molecule has 2 atom stereocenters. The predicted octanol–water partition coefficient (Wildman–Crippen LogP) is 1.65. The van der Waals surface area contributed by atoms with E-state index in [2.05, 4.69) is 0 Å². The van der Waals surface area contributed by atoms with Crippen LogP contribution < -0.4 is 4.74 Å². The van der Waals surface area contributed by atoms with Gasteiger partial charge in [-0.1, -0.05) is 0 Å². The fraction of sp³-hybridized carbons (Fsp3) is 0.500. The molecule has 1 N–H and O–H groups in total. The number of ether oxygens (including phenoxy) is 2. The van der Waals surface area contributed by atoms with Gasteiger partial charge in [-0.2, -0.15) is 0 Å². The lowest BCUT2D eigenvalue weighted by Gasteiger charge is -2.36. The van der Waals surface area contributed by atoms with Crippen LogP contribution in [0.25, 0.3) is 0 Å². The highest BCUT2D eigenvalue weighted by molar-refractivity contribution is 5.95. The van der Waals surface area contributed by atoms with Gasteiger partial charge in [0.2, 0.25) is 0 Å². The molecule has 5 nitrogen and oxygen atoms in total. The number of carbonyl (C=O) groups excluding carboxylic acids is 1. The van der Waals surface area contributed by atoms with Crippen molar-refractivity contribution in [1.29, 1.82) is 0 Å². The van der Waals surface area contributed by atoms with Gasteiger partial charge in [-0.15, -0.1) is 0 Å². The number of phenols is 1. The molecule has 1 amide bonds. The highest BCUT2D eigenvalue weighted by Gasteiger charge is 2.28. The first-order valence-electron chi connectivity index (χ1n) is 6.32. The molecule has 2 rings (SSSR count). The predicted molar refractivity (Wildman–Crippen MR) is 70.6 cm³/mol. The number of methoxy groups -OCH3 is 1. The van der Waals surface area contributed by atoms with Gasteiger partial charge in [0, 0.05) is 12.1 Å². The van der Waals surface area contributed by atoms with Crippen LogP contribution >= 0.6 is 0 Å². The molecule has 2 unspecified atom stereocenters. The SMILES string of the molecule is COc1ccc(C(=O)N2CC(C)OCC2C)cc1O. The molecule has 0 bridgehead atoms. The third-order valence-electron chi connectivity index (χ3n) is 3.29. The summed E-state index contributed by atoms with van der Waals surface area (Å²) in [5.41, 5.74) is 0.458. The number of nitrogens with zero attached hydrogens (tertiary/aromatic N) is 1. The van der Waals surface area contributed by atoms with Crippen molar-refractivity contribution >= 4 is 5.91 Å². The zero-order chi connectivity index (χ0) is 14.0. The van der Waals surface area contributed by atoms with Crippen LogP contribution in [0.3, 0.4) is 0 Å². The van der Waals surface area contributed by atoms with Gasteiger partial charge in [0.1, 0.15) is 0 Å². The van der Waals surface area contributed by atoms with Crippen LogP contribution in [0.4, 0.5) is 0 Å². The lowest BCUT2D eigenvalue weighted by molar-refractivity contribution is -0.0387. The van der Waals surface area contributed by atoms with Gasteiger partial charge >= 0.3 is 0 Å². The van der Waals surface area contributed by atoms with Gasteiger partial charge in [-0.05, 0) is 32.0 Å². The number of benzene rings is 1. The summed E-state index contributed by atoms with van der Waals surface area (Å²) in [4.78, 5) is 14.2. The van der Waals surface area contributed by atoms with Crippen LogP contribution in [0.2, 0.25) is 0 Å². The lowest BCUT2D eigenvalue weighted by Crippen LogP contribution is -2.50. The smallest absolute Gasteiger partial charge is 0.254 e. The summed E-state index contributed by atoms with van der Waals surface area (Å²) >= 11 is 0. The lowest BCUT2D eigenvalue weighted by atomic mass is 10.1. The summed E-state index contributed by atoms with van der Waals surface area (Å²) in [6.07, 6.45) is 0.0343. The van der Waals surface area contributed by atoms with E-state index < -0.39 is 0 Å². The standard InChI is InChI=1S/C14H19NO4/c1-9-8-19-10(2)7-15(9)14(17)11-4-5-13(18-3)12(16)6-11/h4-6,9-10,16H,7-8H2,1-3H3. The molecule has 1 saturated heterocycles. The van der Waals surface area contributed by atoms with Crippen molar-refractivity contribution in [2.45, 2.75) is 26.0 Å². The van der Waals surface area contributed by atoms with E-state index in [0.717, 1.165) is 0 Å². The number of carbonyl (C=O) groups is 1. The summed E-state index contributed by atoms with van der Waals surface area (Å²) < 4.78 is 10.5. The minimum absolute atomic E-state index is 0.0256. The van der Waals surface area contributed by atoms with Gasteiger partial charge < -0.3 is 19.5 Å². The number of rotatable bonds is 2. The van der Waals surface area contributed by atoms with Gasteiger partial charge in [0.25, 0.3) is 5.91 Å². The third kappa shape index (κ3) is 2.81. The Balaban J connectivity index is 2.21. The van der Waals surface area contributed by atoms with Crippen LogP contribution in [-0.4, -0.2) is 48.3 Å². The van der Waals surface area contributed by atoms with E-state index in [1.165, 1.54) is 13.2 Å². The molecule has 1 aromatic rings. The zero-order valence-corrected chi connectivity index (χ0v) is 11.4. The normalized spacial score (nSPS) is 23.2. The summed E-state index contributed by atoms with van der Waals surface area (Å²) in [5.74, 6) is 0.239. The van der Waals surface area contributed by atoms with Crippen molar-refractivity contribution in [3.8, 4) is 11.5 Å². The van der Waals surface area contributed by atoms with Crippen molar-refractivity contribution in [2.75, 3.05) is 20.3 Å². The summed E-state index contributed by atoms with van der Waals surface area (Å²) in [7, 11) is 1.47. The highest BCUT2D eigenvalue weighted by Crippen LogP contribution is 2.27. The molecule has 104 valence electrons. The van der Waals surface area contributed by atoms with Gasteiger partial charge in [-0.25, -0.2) is 0 Å². The van der Waals surface area contributed by atoms with Crippen LogP contribution in [0, 0.1) is 0 Å². The number of hydrogen-bond donors (Lipinski definition) is 1. The Hall–Kier alpha value is -1.75. The number of hydrogen-bond acceptors (Lipinski definition) is 4. The number of aromatic hydroxyl groups is 1. The van der Waals surface area contributed by atoms with E-state index in [1.807, 2.05) is 13.8 Å². The van der Waals surface area contributed by atoms with Crippen molar-refractivity contribution < 1.29 is 19.4 Å². The van der Waals surface area contributed by atoms with E-state index in [1.54, 1.807) is 17.0 Å². The van der Waals surface area contributed by atoms with E-state index in [4.69, 9.17) is 9.47 Å². The van der Waals surface area contributed by atoms with Crippen molar-refractivity contribution in [1.82, 2.24) is 4.90 Å². The molecule has 5 heteroatoms. The Morgan fingerprint density at radius 1 is 1.47 bits per heavy atom. The van der Waals surface area contributed by atoms with Crippen LogP contribution in [0.5, 0.6) is 11.5 Å². The molecule has 1 heterocycles.